The molecule has 8 atom stereocenters. The molecule has 0 amide bonds. The maximum atomic E-state index is 13.5. The van der Waals surface area contributed by atoms with Crippen molar-refractivity contribution in [1.82, 2.24) is 0 Å². The summed E-state index contributed by atoms with van der Waals surface area (Å²) in [6, 6.07) is 6.70. The summed E-state index contributed by atoms with van der Waals surface area (Å²) in [5.41, 5.74) is 1.08. The monoisotopic (exact) mass is 522 g/mol. The summed E-state index contributed by atoms with van der Waals surface area (Å²) < 4.78 is 10.9. The number of ether oxygens (including phenoxy) is 2. The average molecular weight is 523 g/mol. The molecule has 4 aliphatic rings. The molecule has 1 aromatic carbocycles. The Morgan fingerprint density at radius 1 is 1.13 bits per heavy atom. The van der Waals surface area contributed by atoms with Crippen LogP contribution in [0.1, 0.15) is 68.3 Å². The molecule has 1 saturated carbocycles. The third-order valence-corrected chi connectivity index (χ3v) is 9.90. The lowest BCUT2D eigenvalue weighted by Crippen LogP contribution is -2.58. The summed E-state index contributed by atoms with van der Waals surface area (Å²) in [7, 11) is 1.33. The number of aromatic carboxylic acids is 1. The number of carbonyl (C=O) groups is 4. The highest BCUT2D eigenvalue weighted by molar-refractivity contribution is 6.00. The number of ketones is 1. The Balaban J connectivity index is 1.51. The highest BCUT2D eigenvalue weighted by Gasteiger charge is 2.69. The minimum absolute atomic E-state index is 0.0350. The van der Waals surface area contributed by atoms with Crippen LogP contribution in [0.2, 0.25) is 0 Å². The summed E-state index contributed by atoms with van der Waals surface area (Å²) in [5, 5.41) is 20.4. The minimum atomic E-state index is -0.998. The molecule has 5 rings (SSSR count). The predicted octanol–water partition coefficient (Wildman–Crippen LogP) is 3.83. The fourth-order valence-electron chi connectivity index (χ4n) is 7.88. The van der Waals surface area contributed by atoms with E-state index >= 15 is 0 Å². The predicted molar refractivity (Wildman–Crippen MR) is 136 cm³/mol. The van der Waals surface area contributed by atoms with Gasteiger partial charge in [0.15, 0.2) is 5.78 Å². The Morgan fingerprint density at radius 3 is 2.45 bits per heavy atom. The Morgan fingerprint density at radius 2 is 1.82 bits per heavy atom. The van der Waals surface area contributed by atoms with Crippen molar-refractivity contribution >= 4 is 23.7 Å². The summed E-state index contributed by atoms with van der Waals surface area (Å²) in [4.78, 5) is 50.3. The van der Waals surface area contributed by atoms with Crippen molar-refractivity contribution in [1.29, 1.82) is 0 Å². The topological polar surface area (TPSA) is 127 Å². The van der Waals surface area contributed by atoms with Gasteiger partial charge in [0.1, 0.15) is 6.10 Å². The van der Waals surface area contributed by atoms with Gasteiger partial charge in [-0.2, -0.15) is 0 Å². The second-order valence-electron chi connectivity index (χ2n) is 11.7. The molecule has 0 spiro atoms. The van der Waals surface area contributed by atoms with Gasteiger partial charge in [-0.15, -0.1) is 0 Å². The van der Waals surface area contributed by atoms with Crippen LogP contribution in [0.4, 0.5) is 0 Å². The van der Waals surface area contributed by atoms with E-state index in [9.17, 15) is 29.4 Å². The highest BCUT2D eigenvalue weighted by atomic mass is 16.6. The van der Waals surface area contributed by atoms with E-state index in [2.05, 4.69) is 0 Å². The van der Waals surface area contributed by atoms with Crippen molar-refractivity contribution in [2.75, 3.05) is 7.11 Å². The number of hydrogen-bond acceptors (Lipinski definition) is 7. The first-order valence-electron chi connectivity index (χ1n) is 13.1. The van der Waals surface area contributed by atoms with Gasteiger partial charge in [0.25, 0.3) is 0 Å². The summed E-state index contributed by atoms with van der Waals surface area (Å²) in [6.45, 7) is 5.64. The number of methoxy groups -OCH3 is 1. The molecule has 1 aliphatic heterocycles. The van der Waals surface area contributed by atoms with E-state index < -0.39 is 40.9 Å². The van der Waals surface area contributed by atoms with Gasteiger partial charge in [-0.25, -0.2) is 4.79 Å². The molecule has 0 radical (unpaired) electrons. The zero-order valence-corrected chi connectivity index (χ0v) is 22.1. The zero-order valence-electron chi connectivity index (χ0n) is 22.1. The number of allylic oxidation sites excluding steroid dienone is 2. The van der Waals surface area contributed by atoms with Crippen molar-refractivity contribution in [3.63, 3.8) is 0 Å². The molecule has 1 unspecified atom stereocenters. The first-order valence-corrected chi connectivity index (χ1v) is 13.1. The van der Waals surface area contributed by atoms with Crippen LogP contribution in [0.5, 0.6) is 0 Å². The van der Waals surface area contributed by atoms with Gasteiger partial charge in [-0.1, -0.05) is 30.7 Å². The molecule has 8 nitrogen and oxygen atoms in total. The fourth-order valence-corrected chi connectivity index (χ4v) is 7.88. The SMILES string of the molecule is COC(=O)CC1[C@H](CC2=C(C)[C@@H](c3ccc(C(=O)O)cc3)C[C@@H]2O)C[C@@H]2OC(=O)[C@]3(C)C=CC(=O)[C@@]1(C)[C@@H]23. The third-order valence-electron chi connectivity index (χ3n) is 9.90. The second-order valence-corrected chi connectivity index (χ2v) is 11.7. The van der Waals surface area contributed by atoms with Crippen LogP contribution in [-0.2, 0) is 23.9 Å². The van der Waals surface area contributed by atoms with E-state index in [1.54, 1.807) is 30.3 Å². The Bertz CT molecular complexity index is 1260. The van der Waals surface area contributed by atoms with Crippen LogP contribution in [0.3, 0.4) is 0 Å². The molecular weight excluding hydrogens is 488 g/mol. The van der Waals surface area contributed by atoms with Gasteiger partial charge in [0.2, 0.25) is 0 Å². The van der Waals surface area contributed by atoms with E-state index in [4.69, 9.17) is 9.47 Å². The van der Waals surface area contributed by atoms with E-state index in [1.165, 1.54) is 13.2 Å². The largest absolute Gasteiger partial charge is 0.478 e. The first kappa shape index (κ1) is 26.4. The zero-order chi connectivity index (χ0) is 27.6. The van der Waals surface area contributed by atoms with Crippen molar-refractivity contribution in [3.8, 4) is 0 Å². The van der Waals surface area contributed by atoms with Gasteiger partial charge in [0.05, 0.1) is 24.2 Å². The number of aliphatic hydroxyl groups is 1. The van der Waals surface area contributed by atoms with Crippen LogP contribution >= 0.6 is 0 Å². The number of benzene rings is 1. The minimum Gasteiger partial charge on any atom is -0.478 e. The lowest BCUT2D eigenvalue weighted by Gasteiger charge is -2.54. The summed E-state index contributed by atoms with van der Waals surface area (Å²) >= 11 is 0. The van der Waals surface area contributed by atoms with E-state index in [-0.39, 0.29) is 41.5 Å². The molecule has 8 heteroatoms. The van der Waals surface area contributed by atoms with Crippen molar-refractivity contribution in [3.05, 3.63) is 58.7 Å². The molecule has 202 valence electrons. The van der Waals surface area contributed by atoms with Gasteiger partial charge >= 0.3 is 17.9 Å². The third kappa shape index (κ3) is 3.83. The van der Waals surface area contributed by atoms with Crippen molar-refractivity contribution in [2.45, 2.75) is 64.6 Å². The normalized spacial score (nSPS) is 37.7. The molecule has 0 aromatic heterocycles. The number of carboxylic acids is 1. The van der Waals surface area contributed by atoms with Crippen LogP contribution in [-0.4, -0.2) is 53.2 Å². The molecule has 38 heavy (non-hydrogen) atoms. The quantitative estimate of drug-likeness (QED) is 0.426. The smallest absolute Gasteiger partial charge is 0.335 e. The Hall–Kier alpha value is -3.26. The van der Waals surface area contributed by atoms with Crippen LogP contribution in [0, 0.1) is 28.6 Å². The lowest BCUT2D eigenvalue weighted by molar-refractivity contribution is -0.156. The average Bonchev–Trinajstić information content (AvgIpc) is 3.31. The van der Waals surface area contributed by atoms with E-state index in [0.717, 1.165) is 16.7 Å². The van der Waals surface area contributed by atoms with Crippen LogP contribution < -0.4 is 0 Å². The molecule has 2 N–H and O–H groups in total. The molecule has 0 bridgehead atoms. The number of hydrogen-bond donors (Lipinski definition) is 2. The molecule has 1 saturated heterocycles. The molecule has 3 aliphatic carbocycles. The molecule has 1 aromatic rings. The van der Waals surface area contributed by atoms with Crippen molar-refractivity contribution in [2.24, 2.45) is 28.6 Å². The molecule has 2 fully saturated rings. The number of carboxylic acid groups (broad SMARTS) is 1. The first-order chi connectivity index (χ1) is 17.9. The van der Waals surface area contributed by atoms with Crippen molar-refractivity contribution < 1.29 is 38.9 Å². The van der Waals surface area contributed by atoms with E-state index in [1.807, 2.05) is 20.8 Å². The lowest BCUT2D eigenvalue weighted by atomic mass is 9.46. The second kappa shape index (κ2) is 9.19. The number of aliphatic hydroxyl groups excluding tert-OH is 1. The molecule has 1 heterocycles. The van der Waals surface area contributed by atoms with Gasteiger partial charge in [-0.3, -0.25) is 14.4 Å². The number of carbonyl (C=O) groups excluding carboxylic acids is 3. The summed E-state index contributed by atoms with van der Waals surface area (Å²) in [6.07, 6.45) is 3.43. The standard InChI is InChI=1S/C30H34O8/c1-15-19(16-5-7-17(8-6-16)27(34)35)13-22(31)20(15)11-18-12-23-26-29(2,28(36)38-23)10-9-24(32)30(26,3)21(18)14-25(33)37-4/h5-10,18-19,21-23,26,31H,11-14H2,1-4H3,(H,34,35)/t18-,19+,21?,22+,23+,26+,29-,30+/m1/s1. The van der Waals surface area contributed by atoms with Crippen LogP contribution in [0.25, 0.3) is 0 Å². The maximum absolute atomic E-state index is 13.5. The summed E-state index contributed by atoms with van der Waals surface area (Å²) in [5.74, 6) is -2.91. The van der Waals surface area contributed by atoms with Gasteiger partial charge in [-0.05, 0) is 74.3 Å². The molecular formula is C30H34O8. The fraction of sp³-hybridized carbons (Fsp3) is 0.533. The van der Waals surface area contributed by atoms with Gasteiger partial charge in [0, 0.05) is 23.7 Å². The number of esters is 2. The van der Waals surface area contributed by atoms with Gasteiger partial charge < -0.3 is 19.7 Å². The van der Waals surface area contributed by atoms with E-state index in [0.29, 0.717) is 19.3 Å². The highest BCUT2D eigenvalue weighted by Crippen LogP contribution is 2.63. The maximum Gasteiger partial charge on any atom is 0.335 e. The Kier molecular flexibility index (Phi) is 6.37. The number of rotatable bonds is 6. The van der Waals surface area contributed by atoms with Crippen LogP contribution in [0.15, 0.2) is 47.6 Å². The Labute approximate surface area is 221 Å².